The third-order valence-corrected chi connectivity index (χ3v) is 6.49. The first kappa shape index (κ1) is 12.9. The predicted molar refractivity (Wildman–Crippen MR) is 83.7 cm³/mol. The highest BCUT2D eigenvalue weighted by molar-refractivity contribution is 8.06. The second-order valence-electron chi connectivity index (χ2n) is 5.17. The summed E-state index contributed by atoms with van der Waals surface area (Å²) in [6, 6.07) is 8.97. The molecule has 1 aliphatic heterocycles. The number of rotatable bonds is 5. The molecule has 0 amide bonds. The average molecular weight is 279 g/mol. The van der Waals surface area contributed by atoms with E-state index in [1.54, 1.807) is 5.56 Å². The van der Waals surface area contributed by atoms with Gasteiger partial charge >= 0.3 is 0 Å². The summed E-state index contributed by atoms with van der Waals surface area (Å²) < 4.78 is 0. The van der Waals surface area contributed by atoms with Crippen LogP contribution in [0.15, 0.2) is 24.3 Å². The zero-order valence-corrected chi connectivity index (χ0v) is 12.4. The van der Waals surface area contributed by atoms with E-state index in [4.69, 9.17) is 0 Å². The normalized spacial score (nSPS) is 24.1. The summed E-state index contributed by atoms with van der Waals surface area (Å²) >= 11 is 4.24. The van der Waals surface area contributed by atoms with Crippen LogP contribution in [0.3, 0.4) is 0 Å². The smallest absolute Gasteiger partial charge is 0.0263 e. The van der Waals surface area contributed by atoms with Gasteiger partial charge in [0.2, 0.25) is 0 Å². The van der Waals surface area contributed by atoms with Crippen LogP contribution < -0.4 is 5.32 Å². The fraction of sp³-hybridized carbons (Fsp3) is 0.600. The molecule has 0 bridgehead atoms. The molecule has 1 nitrogen and oxygen atoms in total. The predicted octanol–water partition coefficient (Wildman–Crippen LogP) is 3.50. The van der Waals surface area contributed by atoms with Crippen molar-refractivity contribution in [2.45, 2.75) is 30.6 Å². The van der Waals surface area contributed by atoms with Gasteiger partial charge in [-0.1, -0.05) is 24.3 Å². The van der Waals surface area contributed by atoms with E-state index in [1.165, 1.54) is 35.7 Å². The molecule has 0 radical (unpaired) electrons. The largest absolute Gasteiger partial charge is 0.312 e. The van der Waals surface area contributed by atoms with Crippen molar-refractivity contribution in [2.24, 2.45) is 0 Å². The van der Waals surface area contributed by atoms with Gasteiger partial charge in [0, 0.05) is 35.6 Å². The molecule has 1 saturated carbocycles. The molecule has 2 aliphatic rings. The number of thioether (sulfide) groups is 2. The van der Waals surface area contributed by atoms with Gasteiger partial charge in [-0.05, 0) is 29.9 Å². The first-order valence-electron chi connectivity index (χ1n) is 6.91. The molecule has 2 fully saturated rings. The van der Waals surface area contributed by atoms with Gasteiger partial charge in [-0.2, -0.15) is 23.5 Å². The van der Waals surface area contributed by atoms with Gasteiger partial charge < -0.3 is 5.32 Å². The molecule has 1 aromatic rings. The van der Waals surface area contributed by atoms with Crippen molar-refractivity contribution in [1.29, 1.82) is 0 Å². The van der Waals surface area contributed by atoms with Gasteiger partial charge in [-0.25, -0.2) is 0 Å². The summed E-state index contributed by atoms with van der Waals surface area (Å²) in [5.41, 5.74) is 3.11. The van der Waals surface area contributed by atoms with Crippen LogP contribution in [0.4, 0.5) is 0 Å². The average Bonchev–Trinajstić information content (AvgIpc) is 3.25. The first-order chi connectivity index (χ1) is 8.93. The van der Waals surface area contributed by atoms with Gasteiger partial charge in [0.05, 0.1) is 0 Å². The summed E-state index contributed by atoms with van der Waals surface area (Å²) in [5, 5.41) is 4.48. The molecule has 0 aromatic heterocycles. The SMILES string of the molecule is c1ccc(C2CC2)c(CNCC2CSCCS2)c1. The van der Waals surface area contributed by atoms with Crippen LogP contribution >= 0.6 is 23.5 Å². The van der Waals surface area contributed by atoms with Crippen molar-refractivity contribution in [2.75, 3.05) is 23.8 Å². The Labute approximate surface area is 119 Å². The highest BCUT2D eigenvalue weighted by Gasteiger charge is 2.25. The molecule has 1 aromatic carbocycles. The molecule has 1 saturated heterocycles. The summed E-state index contributed by atoms with van der Waals surface area (Å²) in [5.74, 6) is 4.85. The minimum absolute atomic E-state index is 0.817. The van der Waals surface area contributed by atoms with Crippen molar-refractivity contribution < 1.29 is 0 Å². The Morgan fingerprint density at radius 2 is 2.06 bits per heavy atom. The number of benzene rings is 1. The lowest BCUT2D eigenvalue weighted by Crippen LogP contribution is -2.28. The standard InChI is InChI=1S/C15H21NS2/c1-2-4-15(12-5-6-12)13(3-1)9-16-10-14-11-17-7-8-18-14/h1-4,12,14,16H,5-11H2. The van der Waals surface area contributed by atoms with E-state index in [1.807, 2.05) is 0 Å². The van der Waals surface area contributed by atoms with Crippen molar-refractivity contribution in [1.82, 2.24) is 5.32 Å². The fourth-order valence-corrected chi connectivity index (χ4v) is 5.16. The summed E-state index contributed by atoms with van der Waals surface area (Å²) in [6.07, 6.45) is 2.79. The van der Waals surface area contributed by atoms with Crippen LogP contribution in [-0.2, 0) is 6.54 Å². The van der Waals surface area contributed by atoms with E-state index in [-0.39, 0.29) is 0 Å². The maximum absolute atomic E-state index is 3.66. The Bertz CT molecular complexity index is 384. The molecular weight excluding hydrogens is 258 g/mol. The van der Waals surface area contributed by atoms with E-state index < -0.39 is 0 Å². The van der Waals surface area contributed by atoms with Crippen molar-refractivity contribution in [3.63, 3.8) is 0 Å². The highest BCUT2D eigenvalue weighted by Crippen LogP contribution is 2.41. The zero-order valence-electron chi connectivity index (χ0n) is 10.7. The lowest BCUT2D eigenvalue weighted by molar-refractivity contribution is 0.681. The van der Waals surface area contributed by atoms with E-state index >= 15 is 0 Å². The van der Waals surface area contributed by atoms with Gasteiger partial charge in [0.25, 0.3) is 0 Å². The third-order valence-electron chi connectivity index (χ3n) is 3.64. The minimum atomic E-state index is 0.817. The Morgan fingerprint density at radius 3 is 2.83 bits per heavy atom. The minimum Gasteiger partial charge on any atom is -0.312 e. The van der Waals surface area contributed by atoms with Crippen LogP contribution in [-0.4, -0.2) is 29.1 Å². The van der Waals surface area contributed by atoms with Crippen molar-refractivity contribution in [3.05, 3.63) is 35.4 Å². The molecule has 1 heterocycles. The summed E-state index contributed by atoms with van der Waals surface area (Å²) in [6.45, 7) is 2.21. The maximum atomic E-state index is 3.66. The monoisotopic (exact) mass is 279 g/mol. The van der Waals surface area contributed by atoms with Gasteiger partial charge in [-0.3, -0.25) is 0 Å². The Hall–Kier alpha value is -0.120. The molecule has 0 spiro atoms. The number of nitrogens with one attached hydrogen (secondary N) is 1. The van der Waals surface area contributed by atoms with Crippen LogP contribution in [0.5, 0.6) is 0 Å². The maximum Gasteiger partial charge on any atom is 0.0263 e. The third kappa shape index (κ3) is 3.46. The van der Waals surface area contributed by atoms with Gasteiger partial charge in [-0.15, -0.1) is 0 Å². The van der Waals surface area contributed by atoms with Crippen LogP contribution in [0.2, 0.25) is 0 Å². The second-order valence-corrected chi connectivity index (χ2v) is 7.73. The molecule has 1 aliphatic carbocycles. The van der Waals surface area contributed by atoms with E-state index in [0.29, 0.717) is 0 Å². The first-order valence-corrected chi connectivity index (χ1v) is 9.11. The molecule has 3 heteroatoms. The molecule has 18 heavy (non-hydrogen) atoms. The lowest BCUT2D eigenvalue weighted by atomic mass is 10.0. The van der Waals surface area contributed by atoms with Gasteiger partial charge in [0.15, 0.2) is 0 Å². The van der Waals surface area contributed by atoms with Crippen LogP contribution in [0.1, 0.15) is 29.9 Å². The van der Waals surface area contributed by atoms with Crippen molar-refractivity contribution in [3.8, 4) is 0 Å². The molecule has 1 unspecified atom stereocenters. The summed E-state index contributed by atoms with van der Waals surface area (Å²) in [4.78, 5) is 0. The fourth-order valence-electron chi connectivity index (χ4n) is 2.51. The lowest BCUT2D eigenvalue weighted by Gasteiger charge is -2.21. The number of hydrogen-bond donors (Lipinski definition) is 1. The van der Waals surface area contributed by atoms with E-state index in [2.05, 4.69) is 53.1 Å². The Morgan fingerprint density at radius 1 is 1.17 bits per heavy atom. The van der Waals surface area contributed by atoms with E-state index in [0.717, 1.165) is 24.3 Å². The van der Waals surface area contributed by atoms with Gasteiger partial charge in [0.1, 0.15) is 0 Å². The van der Waals surface area contributed by atoms with Crippen molar-refractivity contribution >= 4 is 23.5 Å². The summed E-state index contributed by atoms with van der Waals surface area (Å²) in [7, 11) is 0. The van der Waals surface area contributed by atoms with Crippen LogP contribution in [0, 0.1) is 0 Å². The second kappa shape index (κ2) is 6.36. The molecule has 98 valence electrons. The highest BCUT2D eigenvalue weighted by atomic mass is 32.2. The molecule has 1 N–H and O–H groups in total. The molecular formula is C15H21NS2. The molecule has 1 atom stereocenters. The van der Waals surface area contributed by atoms with Crippen LogP contribution in [0.25, 0.3) is 0 Å². The molecule has 3 rings (SSSR count). The van der Waals surface area contributed by atoms with E-state index in [9.17, 15) is 0 Å². The Balaban J connectivity index is 1.50. The quantitative estimate of drug-likeness (QED) is 0.886. The topological polar surface area (TPSA) is 12.0 Å². The number of hydrogen-bond acceptors (Lipinski definition) is 3. The zero-order chi connectivity index (χ0) is 12.2. The Kier molecular flexibility index (Phi) is 4.55.